The molecule has 3 heterocycles. The van der Waals surface area contributed by atoms with E-state index in [-0.39, 0.29) is 0 Å². The van der Waals surface area contributed by atoms with E-state index in [0.29, 0.717) is 28.7 Å². The molecule has 3 aromatic heterocycles. The van der Waals surface area contributed by atoms with Crippen molar-refractivity contribution >= 4 is 22.8 Å². The largest absolute Gasteiger partial charge is 0.329 e. The minimum absolute atomic E-state index is 0.306. The maximum atomic E-state index is 12.6. The van der Waals surface area contributed by atoms with Crippen molar-refractivity contribution in [2.24, 2.45) is 7.05 Å². The molecule has 0 atom stereocenters. The summed E-state index contributed by atoms with van der Waals surface area (Å²) in [7, 11) is 1.57. The molecule has 4 aromatic rings. The Morgan fingerprint density at radius 2 is 1.85 bits per heavy atom. The van der Waals surface area contributed by atoms with Crippen LogP contribution < -0.4 is 11.2 Å². The first-order valence-corrected chi connectivity index (χ1v) is 8.70. The average molecular weight is 385 g/mol. The monoisotopic (exact) mass is 384 g/mol. The Morgan fingerprint density at radius 1 is 1.15 bits per heavy atom. The van der Waals surface area contributed by atoms with Crippen molar-refractivity contribution in [2.75, 3.05) is 0 Å². The van der Waals surface area contributed by atoms with Gasteiger partial charge in [-0.2, -0.15) is 10.1 Å². The van der Waals surface area contributed by atoms with Crippen LogP contribution in [0.25, 0.3) is 17.1 Å². The summed E-state index contributed by atoms with van der Waals surface area (Å²) in [5.74, 6) is 0.470. The van der Waals surface area contributed by atoms with E-state index >= 15 is 0 Å². The molecule has 0 aliphatic carbocycles. The third-order valence-corrected chi connectivity index (χ3v) is 4.69. The zero-order valence-corrected chi connectivity index (χ0v) is 15.8. The number of hydrogen-bond acceptors (Lipinski definition) is 4. The summed E-state index contributed by atoms with van der Waals surface area (Å²) in [6.07, 6.45) is 0. The fourth-order valence-corrected chi connectivity index (χ4v) is 3.26. The van der Waals surface area contributed by atoms with Gasteiger partial charge in [-0.15, -0.1) is 0 Å². The number of H-pyrrole nitrogens is 1. The van der Waals surface area contributed by atoms with Crippen molar-refractivity contribution in [1.82, 2.24) is 28.9 Å². The van der Waals surface area contributed by atoms with Crippen molar-refractivity contribution in [3.8, 4) is 5.95 Å². The third-order valence-electron chi connectivity index (χ3n) is 4.44. The van der Waals surface area contributed by atoms with E-state index in [9.17, 15) is 9.59 Å². The lowest BCUT2D eigenvalue weighted by Crippen LogP contribution is -2.29. The molecule has 0 aliphatic rings. The molecule has 0 fully saturated rings. The van der Waals surface area contributed by atoms with Crippen LogP contribution in [0.2, 0.25) is 5.02 Å². The number of halogens is 1. The van der Waals surface area contributed by atoms with Crippen LogP contribution in [0.3, 0.4) is 0 Å². The molecule has 0 saturated carbocycles. The van der Waals surface area contributed by atoms with E-state index in [1.165, 1.54) is 4.57 Å². The number of benzene rings is 1. The van der Waals surface area contributed by atoms with Crippen molar-refractivity contribution in [3.05, 3.63) is 73.1 Å². The average Bonchev–Trinajstić information content (AvgIpc) is 3.15. The molecule has 9 heteroatoms. The van der Waals surface area contributed by atoms with Crippen LogP contribution in [0, 0.1) is 13.8 Å². The standard InChI is InChI=1S/C18H17ClN6O2/c1-10-8-11(2)25(22-10)17-20-15-14(16(26)21-18(27)23(15)3)24(17)9-12-4-6-13(19)7-5-12/h4-8H,9H2,1-3H3,(H,21,26,27). The first-order valence-electron chi connectivity index (χ1n) is 8.33. The first-order chi connectivity index (χ1) is 12.8. The highest BCUT2D eigenvalue weighted by Crippen LogP contribution is 2.19. The molecule has 0 radical (unpaired) electrons. The Kier molecular flexibility index (Phi) is 4.00. The fraction of sp³-hybridized carbons (Fsp3) is 0.222. The van der Waals surface area contributed by atoms with Gasteiger partial charge in [-0.05, 0) is 37.6 Å². The van der Waals surface area contributed by atoms with Crippen molar-refractivity contribution < 1.29 is 0 Å². The van der Waals surface area contributed by atoms with Gasteiger partial charge in [0.1, 0.15) is 0 Å². The molecule has 27 heavy (non-hydrogen) atoms. The Balaban J connectivity index is 2.04. The minimum Gasteiger partial charge on any atom is -0.298 e. The normalized spacial score (nSPS) is 11.4. The van der Waals surface area contributed by atoms with E-state index in [4.69, 9.17) is 11.6 Å². The van der Waals surface area contributed by atoms with Crippen molar-refractivity contribution in [2.45, 2.75) is 20.4 Å². The lowest BCUT2D eigenvalue weighted by Gasteiger charge is -2.10. The van der Waals surface area contributed by atoms with Crippen LogP contribution in [0.1, 0.15) is 17.0 Å². The number of hydrogen-bond donors (Lipinski definition) is 1. The van der Waals surface area contributed by atoms with Gasteiger partial charge in [0.15, 0.2) is 11.2 Å². The number of imidazole rings is 1. The number of aromatic amines is 1. The Morgan fingerprint density at radius 3 is 2.48 bits per heavy atom. The summed E-state index contributed by atoms with van der Waals surface area (Å²) in [5.41, 5.74) is 2.28. The van der Waals surface area contributed by atoms with Gasteiger partial charge in [-0.1, -0.05) is 23.7 Å². The third kappa shape index (κ3) is 2.87. The summed E-state index contributed by atoms with van der Waals surface area (Å²) in [6, 6.07) is 9.28. The molecule has 0 amide bonds. The van der Waals surface area contributed by atoms with Gasteiger partial charge in [0.25, 0.3) is 5.56 Å². The van der Waals surface area contributed by atoms with Crippen LogP contribution >= 0.6 is 11.6 Å². The number of rotatable bonds is 3. The Bertz CT molecular complexity index is 1280. The summed E-state index contributed by atoms with van der Waals surface area (Å²) in [6.45, 7) is 4.18. The van der Waals surface area contributed by atoms with Gasteiger partial charge in [0, 0.05) is 17.8 Å². The first kappa shape index (κ1) is 17.3. The maximum absolute atomic E-state index is 12.6. The molecule has 1 aromatic carbocycles. The molecular weight excluding hydrogens is 368 g/mol. The molecule has 0 saturated heterocycles. The predicted octanol–water partition coefficient (Wildman–Crippen LogP) is 1.93. The summed E-state index contributed by atoms with van der Waals surface area (Å²) < 4.78 is 4.76. The Labute approximate surface area is 158 Å². The number of aryl methyl sites for hydroxylation is 3. The molecule has 0 spiro atoms. The molecular formula is C18H17ClN6O2. The summed E-state index contributed by atoms with van der Waals surface area (Å²) >= 11 is 5.98. The van der Waals surface area contributed by atoms with Crippen LogP contribution in [0.15, 0.2) is 39.9 Å². The topological polar surface area (TPSA) is 90.5 Å². The lowest BCUT2D eigenvalue weighted by atomic mass is 10.2. The van der Waals surface area contributed by atoms with Gasteiger partial charge >= 0.3 is 5.69 Å². The minimum atomic E-state index is -0.511. The number of aromatic nitrogens is 6. The van der Waals surface area contributed by atoms with Gasteiger partial charge in [-0.3, -0.25) is 18.9 Å². The number of nitrogens with one attached hydrogen (secondary N) is 1. The van der Waals surface area contributed by atoms with Crippen LogP contribution in [-0.4, -0.2) is 28.9 Å². The van der Waals surface area contributed by atoms with Gasteiger partial charge in [-0.25, -0.2) is 9.48 Å². The van der Waals surface area contributed by atoms with Gasteiger partial charge < -0.3 is 0 Å². The molecule has 1 N–H and O–H groups in total. The molecule has 0 aliphatic heterocycles. The predicted molar refractivity (Wildman–Crippen MR) is 103 cm³/mol. The van der Waals surface area contributed by atoms with Crippen LogP contribution in [-0.2, 0) is 13.6 Å². The molecule has 0 unspecified atom stereocenters. The van der Waals surface area contributed by atoms with Crippen LogP contribution in [0.4, 0.5) is 0 Å². The van der Waals surface area contributed by atoms with Crippen molar-refractivity contribution in [1.29, 1.82) is 0 Å². The highest BCUT2D eigenvalue weighted by atomic mass is 35.5. The quantitative estimate of drug-likeness (QED) is 0.584. The van der Waals surface area contributed by atoms with Crippen LogP contribution in [0.5, 0.6) is 0 Å². The molecule has 8 nitrogen and oxygen atoms in total. The van der Waals surface area contributed by atoms with Gasteiger partial charge in [0.2, 0.25) is 5.95 Å². The van der Waals surface area contributed by atoms with E-state index in [2.05, 4.69) is 15.1 Å². The van der Waals surface area contributed by atoms with E-state index in [1.807, 2.05) is 32.0 Å². The van der Waals surface area contributed by atoms with E-state index in [1.54, 1.807) is 28.4 Å². The lowest BCUT2D eigenvalue weighted by molar-refractivity contribution is 0.701. The maximum Gasteiger partial charge on any atom is 0.329 e. The fourth-order valence-electron chi connectivity index (χ4n) is 3.14. The Hall–Kier alpha value is -3.13. The number of nitrogens with zero attached hydrogens (tertiary/aromatic N) is 5. The molecule has 138 valence electrons. The van der Waals surface area contributed by atoms with E-state index < -0.39 is 11.2 Å². The second-order valence-corrected chi connectivity index (χ2v) is 6.89. The van der Waals surface area contributed by atoms with Crippen molar-refractivity contribution in [3.63, 3.8) is 0 Å². The van der Waals surface area contributed by atoms with E-state index in [0.717, 1.165) is 17.0 Å². The smallest absolute Gasteiger partial charge is 0.298 e. The molecule has 0 bridgehead atoms. The summed E-state index contributed by atoms with van der Waals surface area (Å²) in [5, 5.41) is 5.12. The number of fused-ring (bicyclic) bond motifs is 1. The molecule has 4 rings (SSSR count). The zero-order valence-electron chi connectivity index (χ0n) is 15.0. The zero-order chi connectivity index (χ0) is 19.3. The second-order valence-electron chi connectivity index (χ2n) is 6.45. The van der Waals surface area contributed by atoms with Gasteiger partial charge in [0.05, 0.1) is 12.2 Å². The SMILES string of the molecule is Cc1cc(C)n(-c2nc3c(c(=O)[nH]c(=O)n3C)n2Cc2ccc(Cl)cc2)n1. The second kappa shape index (κ2) is 6.24. The summed E-state index contributed by atoms with van der Waals surface area (Å²) in [4.78, 5) is 31.5. The highest BCUT2D eigenvalue weighted by molar-refractivity contribution is 6.30. The highest BCUT2D eigenvalue weighted by Gasteiger charge is 2.20.